The van der Waals surface area contributed by atoms with Gasteiger partial charge >= 0.3 is 0 Å². The van der Waals surface area contributed by atoms with E-state index in [2.05, 4.69) is 29.4 Å². The third kappa shape index (κ3) is 1.74. The molecule has 1 aromatic heterocycles. The average Bonchev–Trinajstić information content (AvgIpc) is 2.74. The minimum absolute atomic E-state index is 0.186. The number of aliphatic hydroxyl groups is 1. The van der Waals surface area contributed by atoms with Gasteiger partial charge in [0, 0.05) is 22.9 Å². The van der Waals surface area contributed by atoms with Crippen molar-refractivity contribution < 1.29 is 10.4 Å². The molecule has 0 saturated carbocycles. The van der Waals surface area contributed by atoms with E-state index in [0.717, 1.165) is 5.69 Å². The Morgan fingerprint density at radius 3 is 2.67 bits per heavy atom. The summed E-state index contributed by atoms with van der Waals surface area (Å²) >= 11 is 0. The highest BCUT2D eigenvalue weighted by Crippen LogP contribution is 2.41. The number of hydrogen-bond donors (Lipinski definition) is 2. The molecule has 0 radical (unpaired) electrons. The quantitative estimate of drug-likeness (QED) is 0.670. The maximum atomic E-state index is 8.86. The molecule has 0 aliphatic heterocycles. The largest absolute Gasteiger partial charge is 0.391 e. The van der Waals surface area contributed by atoms with Gasteiger partial charge in [-0.3, -0.25) is 4.98 Å². The van der Waals surface area contributed by atoms with Gasteiger partial charge in [-0.25, -0.2) is 0 Å². The van der Waals surface area contributed by atoms with E-state index in [1.165, 1.54) is 22.3 Å². The number of fused-ring (bicyclic) bond motifs is 3. The van der Waals surface area contributed by atoms with Gasteiger partial charge in [-0.1, -0.05) is 30.3 Å². The van der Waals surface area contributed by atoms with Crippen LogP contribution in [0.5, 0.6) is 0 Å². The summed E-state index contributed by atoms with van der Waals surface area (Å²) in [6, 6.07) is 12.4. The number of rotatable bonds is 3. The number of quaternary nitrogens is 1. The Balaban J connectivity index is 2.12. The Morgan fingerprint density at radius 1 is 1.06 bits per heavy atom. The third-order valence-corrected chi connectivity index (χ3v) is 3.15. The van der Waals surface area contributed by atoms with Crippen molar-refractivity contribution in [1.29, 1.82) is 0 Å². The first-order valence-corrected chi connectivity index (χ1v) is 6.11. The molecule has 90 valence electrons. The van der Waals surface area contributed by atoms with Crippen LogP contribution in [0.1, 0.15) is 11.1 Å². The Bertz CT molecular complexity index is 557. The Labute approximate surface area is 106 Å². The predicted molar refractivity (Wildman–Crippen MR) is 70.6 cm³/mol. The number of nitrogens with two attached hydrogens (primary N) is 1. The molecule has 0 fully saturated rings. The lowest BCUT2D eigenvalue weighted by Gasteiger charge is -2.00. The maximum absolute atomic E-state index is 8.86. The molecule has 0 bridgehead atoms. The molecular weight excluding hydrogens is 224 g/mol. The van der Waals surface area contributed by atoms with Gasteiger partial charge in [0.1, 0.15) is 12.7 Å². The maximum Gasteiger partial charge on any atom is 0.103 e. The first-order chi connectivity index (χ1) is 8.92. The number of aromatic nitrogens is 1. The molecule has 2 aromatic rings. The molecular formula is C15H15N2O+. The van der Waals surface area contributed by atoms with Gasteiger partial charge in [-0.05, 0) is 11.6 Å². The van der Waals surface area contributed by atoms with Crippen LogP contribution in [0.4, 0.5) is 0 Å². The monoisotopic (exact) mass is 239 g/mol. The van der Waals surface area contributed by atoms with E-state index in [9.17, 15) is 0 Å². The molecule has 1 aliphatic carbocycles. The number of pyridine rings is 1. The first-order valence-electron chi connectivity index (χ1n) is 6.11. The van der Waals surface area contributed by atoms with Gasteiger partial charge in [0.25, 0.3) is 0 Å². The van der Waals surface area contributed by atoms with E-state index < -0.39 is 0 Å². The molecule has 0 amide bonds. The fourth-order valence-electron chi connectivity index (χ4n) is 2.36. The number of benzene rings is 1. The lowest BCUT2D eigenvalue weighted by atomic mass is 10.1. The molecule has 0 saturated heterocycles. The lowest BCUT2D eigenvalue weighted by molar-refractivity contribution is -0.588. The Kier molecular flexibility index (Phi) is 2.92. The highest BCUT2D eigenvalue weighted by molar-refractivity contribution is 5.99. The van der Waals surface area contributed by atoms with Gasteiger partial charge < -0.3 is 10.4 Å². The first kappa shape index (κ1) is 11.1. The van der Waals surface area contributed by atoms with Crippen LogP contribution in [0.25, 0.3) is 16.8 Å². The second-order valence-electron chi connectivity index (χ2n) is 4.27. The van der Waals surface area contributed by atoms with Crippen molar-refractivity contribution in [3.8, 4) is 11.3 Å². The fourth-order valence-corrected chi connectivity index (χ4v) is 2.36. The lowest BCUT2D eigenvalue weighted by Crippen LogP contribution is -2.79. The normalized spacial score (nSPS) is 14.6. The zero-order valence-electron chi connectivity index (χ0n) is 10.0. The predicted octanol–water partition coefficient (Wildman–Crippen LogP) is 1.01. The fraction of sp³-hybridized carbons (Fsp3) is 0.133. The van der Waals surface area contributed by atoms with E-state index in [4.69, 9.17) is 5.11 Å². The van der Waals surface area contributed by atoms with Crippen molar-refractivity contribution in [1.82, 2.24) is 4.98 Å². The minimum Gasteiger partial charge on any atom is -0.391 e. The van der Waals surface area contributed by atoms with Crippen molar-refractivity contribution in [3.63, 3.8) is 0 Å². The number of hydrogen-bond acceptors (Lipinski definition) is 2. The molecule has 0 unspecified atom stereocenters. The number of aliphatic hydroxyl groups excluding tert-OH is 1. The molecule has 0 atom stereocenters. The van der Waals surface area contributed by atoms with E-state index in [1.54, 1.807) is 0 Å². The average molecular weight is 239 g/mol. The number of nitrogens with zero attached hydrogens (tertiary/aromatic N) is 1. The second kappa shape index (κ2) is 4.72. The summed E-state index contributed by atoms with van der Waals surface area (Å²) in [4.78, 5) is 4.47. The minimum atomic E-state index is 0.186. The molecule has 3 rings (SSSR count). The standard InChI is InChI=1S/C15H14N2O/c18-9-8-16-10-14-11-4-1-2-5-12(11)15-13(14)6-3-7-17-15/h1-7,10,16,18H,8-9H2/p+1/b14-10-. The summed E-state index contributed by atoms with van der Waals surface area (Å²) in [5, 5.41) is 10.9. The SMILES string of the molecule is OCC[NH2+]/C=C1/c2ccccc2-c2ncccc21. The zero-order valence-corrected chi connectivity index (χ0v) is 10.0. The van der Waals surface area contributed by atoms with Gasteiger partial charge in [0.15, 0.2) is 0 Å². The molecule has 3 N–H and O–H groups in total. The van der Waals surface area contributed by atoms with Crippen LogP contribution in [0.2, 0.25) is 0 Å². The van der Waals surface area contributed by atoms with Crippen molar-refractivity contribution in [3.05, 3.63) is 59.9 Å². The van der Waals surface area contributed by atoms with E-state index in [-0.39, 0.29) is 6.61 Å². The Morgan fingerprint density at radius 2 is 1.83 bits per heavy atom. The van der Waals surface area contributed by atoms with E-state index >= 15 is 0 Å². The van der Waals surface area contributed by atoms with Gasteiger partial charge in [0.05, 0.1) is 12.3 Å². The molecule has 1 aliphatic rings. The zero-order chi connectivity index (χ0) is 12.4. The third-order valence-electron chi connectivity index (χ3n) is 3.15. The summed E-state index contributed by atoms with van der Waals surface area (Å²) in [5.41, 5.74) is 5.84. The second-order valence-corrected chi connectivity index (χ2v) is 4.27. The molecule has 18 heavy (non-hydrogen) atoms. The van der Waals surface area contributed by atoms with Crippen molar-refractivity contribution in [2.75, 3.05) is 13.2 Å². The van der Waals surface area contributed by atoms with Gasteiger partial charge in [0.2, 0.25) is 0 Å². The Hall–Kier alpha value is -1.97. The molecule has 3 nitrogen and oxygen atoms in total. The highest BCUT2D eigenvalue weighted by atomic mass is 16.3. The summed E-state index contributed by atoms with van der Waals surface area (Å²) in [6.45, 7) is 0.868. The van der Waals surface area contributed by atoms with Crippen LogP contribution in [-0.4, -0.2) is 23.2 Å². The summed E-state index contributed by atoms with van der Waals surface area (Å²) in [6.07, 6.45) is 3.92. The van der Waals surface area contributed by atoms with Crippen molar-refractivity contribution in [2.45, 2.75) is 0 Å². The summed E-state index contributed by atoms with van der Waals surface area (Å²) in [7, 11) is 0. The van der Waals surface area contributed by atoms with Crippen LogP contribution in [0.3, 0.4) is 0 Å². The van der Waals surface area contributed by atoms with E-state index in [0.29, 0.717) is 6.54 Å². The van der Waals surface area contributed by atoms with Crippen LogP contribution < -0.4 is 5.32 Å². The van der Waals surface area contributed by atoms with Crippen molar-refractivity contribution >= 4 is 5.57 Å². The van der Waals surface area contributed by atoms with Crippen LogP contribution in [0, 0.1) is 0 Å². The topological polar surface area (TPSA) is 49.7 Å². The van der Waals surface area contributed by atoms with Crippen molar-refractivity contribution in [2.24, 2.45) is 0 Å². The van der Waals surface area contributed by atoms with E-state index in [1.807, 2.05) is 29.7 Å². The van der Waals surface area contributed by atoms with Crippen LogP contribution in [0.15, 0.2) is 48.8 Å². The van der Waals surface area contributed by atoms with Gasteiger partial charge in [-0.15, -0.1) is 0 Å². The van der Waals surface area contributed by atoms with Crippen LogP contribution in [-0.2, 0) is 0 Å². The van der Waals surface area contributed by atoms with Crippen LogP contribution >= 0.6 is 0 Å². The molecule has 1 heterocycles. The summed E-state index contributed by atoms with van der Waals surface area (Å²) < 4.78 is 0. The smallest absolute Gasteiger partial charge is 0.103 e. The molecule has 3 heteroatoms. The molecule has 0 spiro atoms. The highest BCUT2D eigenvalue weighted by Gasteiger charge is 2.24. The van der Waals surface area contributed by atoms with Gasteiger partial charge in [-0.2, -0.15) is 0 Å². The molecule has 1 aromatic carbocycles. The summed E-state index contributed by atoms with van der Waals surface area (Å²) in [5.74, 6) is 0.